The van der Waals surface area contributed by atoms with Crippen LogP contribution in [0.3, 0.4) is 0 Å². The van der Waals surface area contributed by atoms with Gasteiger partial charge in [0, 0.05) is 30.1 Å². The van der Waals surface area contributed by atoms with Crippen LogP contribution in [0.1, 0.15) is 41.3 Å². The predicted molar refractivity (Wildman–Crippen MR) is 120 cm³/mol. The summed E-state index contributed by atoms with van der Waals surface area (Å²) in [6, 6.07) is 15.6. The molecule has 2 aromatic rings. The lowest BCUT2D eigenvalue weighted by atomic mass is 9.97. The second kappa shape index (κ2) is 10.5. The third kappa shape index (κ3) is 6.08. The van der Waals surface area contributed by atoms with E-state index in [9.17, 15) is 9.59 Å². The van der Waals surface area contributed by atoms with Gasteiger partial charge in [0.2, 0.25) is 5.91 Å². The average Bonchev–Trinajstić information content (AvgIpc) is 2.74. The summed E-state index contributed by atoms with van der Waals surface area (Å²) < 4.78 is 0. The van der Waals surface area contributed by atoms with Gasteiger partial charge in [-0.05, 0) is 54.5 Å². The van der Waals surface area contributed by atoms with Gasteiger partial charge in [-0.3, -0.25) is 14.5 Å². The number of nitrogens with zero attached hydrogens (tertiary/aromatic N) is 1. The van der Waals surface area contributed by atoms with Crippen molar-refractivity contribution in [2.24, 2.45) is 11.7 Å². The molecule has 1 fully saturated rings. The third-order valence-corrected chi connectivity index (χ3v) is 6.20. The fraction of sp³-hybridized carbons (Fsp3) is 0.391. The number of piperidine rings is 1. The highest BCUT2D eigenvalue weighted by Crippen LogP contribution is 2.23. The number of thioether (sulfide) groups is 1. The highest BCUT2D eigenvalue weighted by atomic mass is 32.2. The summed E-state index contributed by atoms with van der Waals surface area (Å²) in [6.45, 7) is 4.44. The van der Waals surface area contributed by atoms with Crippen molar-refractivity contribution >= 4 is 29.3 Å². The minimum Gasteiger partial charge on any atom is -0.369 e. The number of para-hydroxylation sites is 1. The Morgan fingerprint density at radius 1 is 1.17 bits per heavy atom. The van der Waals surface area contributed by atoms with E-state index in [4.69, 9.17) is 5.73 Å². The van der Waals surface area contributed by atoms with E-state index >= 15 is 0 Å². The van der Waals surface area contributed by atoms with E-state index in [1.54, 1.807) is 0 Å². The molecule has 0 bridgehead atoms. The summed E-state index contributed by atoms with van der Waals surface area (Å²) in [5.41, 5.74) is 9.22. The molecule has 3 rings (SSSR count). The number of carbonyl (C=O) groups is 2. The zero-order chi connectivity index (χ0) is 20.6. The lowest BCUT2D eigenvalue weighted by Crippen LogP contribution is -2.40. The summed E-state index contributed by atoms with van der Waals surface area (Å²) in [6.07, 6.45) is 1.82. The summed E-state index contributed by atoms with van der Waals surface area (Å²) in [5.74, 6) is 1.62. The molecule has 1 aliphatic rings. The Balaban J connectivity index is 1.65. The minimum atomic E-state index is -0.225. The molecule has 154 valence electrons. The van der Waals surface area contributed by atoms with Gasteiger partial charge in [-0.25, -0.2) is 0 Å². The van der Waals surface area contributed by atoms with Crippen molar-refractivity contribution < 1.29 is 9.59 Å². The molecule has 6 heteroatoms. The average molecular weight is 412 g/mol. The molecule has 29 heavy (non-hydrogen) atoms. The second-order valence-electron chi connectivity index (χ2n) is 7.42. The number of hydrogen-bond donors (Lipinski definition) is 2. The van der Waals surface area contributed by atoms with Gasteiger partial charge >= 0.3 is 0 Å². The van der Waals surface area contributed by atoms with Crippen LogP contribution in [-0.4, -0.2) is 35.6 Å². The van der Waals surface area contributed by atoms with E-state index in [2.05, 4.69) is 17.1 Å². The minimum absolute atomic E-state index is 0.0881. The molecule has 3 N–H and O–H groups in total. The quantitative estimate of drug-likeness (QED) is 0.691. The maximum atomic E-state index is 12.7. The first-order chi connectivity index (χ1) is 14.1. The lowest BCUT2D eigenvalue weighted by molar-refractivity contribution is -0.123. The Hall–Kier alpha value is -2.31. The third-order valence-electron chi connectivity index (χ3n) is 5.26. The SMILES string of the molecule is CCSCc1ccc(C(=O)Nc2ccccc2CN2CCCC(C(N)=O)C2)cc1. The largest absolute Gasteiger partial charge is 0.369 e. The van der Waals surface area contributed by atoms with Crippen molar-refractivity contribution in [2.75, 3.05) is 24.2 Å². The molecular weight excluding hydrogens is 382 g/mol. The molecule has 2 aromatic carbocycles. The number of carbonyl (C=O) groups excluding carboxylic acids is 2. The highest BCUT2D eigenvalue weighted by molar-refractivity contribution is 7.98. The Morgan fingerprint density at radius 2 is 1.93 bits per heavy atom. The number of primary amides is 1. The fourth-order valence-corrected chi connectivity index (χ4v) is 4.25. The van der Waals surface area contributed by atoms with Gasteiger partial charge in [0.25, 0.3) is 5.91 Å². The normalized spacial score (nSPS) is 17.1. The van der Waals surface area contributed by atoms with Crippen molar-refractivity contribution in [3.8, 4) is 0 Å². The smallest absolute Gasteiger partial charge is 0.255 e. The molecule has 5 nitrogen and oxygen atoms in total. The molecule has 2 amide bonds. The van der Waals surface area contributed by atoms with Crippen LogP contribution in [0.5, 0.6) is 0 Å². The number of amides is 2. The number of benzene rings is 2. The van der Waals surface area contributed by atoms with Crippen LogP contribution in [0.2, 0.25) is 0 Å². The number of hydrogen-bond acceptors (Lipinski definition) is 4. The first-order valence-corrected chi connectivity index (χ1v) is 11.3. The Morgan fingerprint density at radius 3 is 2.66 bits per heavy atom. The number of likely N-dealkylation sites (tertiary alicyclic amines) is 1. The van der Waals surface area contributed by atoms with Crippen molar-refractivity contribution in [2.45, 2.75) is 32.1 Å². The van der Waals surface area contributed by atoms with Crippen LogP contribution >= 0.6 is 11.8 Å². The maximum absolute atomic E-state index is 12.7. The summed E-state index contributed by atoms with van der Waals surface area (Å²) in [7, 11) is 0. The summed E-state index contributed by atoms with van der Waals surface area (Å²) in [4.78, 5) is 26.5. The Labute approximate surface area is 177 Å². The molecule has 0 spiro atoms. The molecule has 0 radical (unpaired) electrons. The van der Waals surface area contributed by atoms with E-state index in [1.807, 2.05) is 60.3 Å². The second-order valence-corrected chi connectivity index (χ2v) is 8.70. The van der Waals surface area contributed by atoms with Crippen LogP contribution in [0.25, 0.3) is 0 Å². The van der Waals surface area contributed by atoms with Gasteiger partial charge in [-0.1, -0.05) is 37.3 Å². The predicted octanol–water partition coefficient (Wildman–Crippen LogP) is 3.89. The van der Waals surface area contributed by atoms with E-state index in [0.717, 1.165) is 42.1 Å². The monoisotopic (exact) mass is 411 g/mol. The molecule has 0 aliphatic carbocycles. The molecule has 1 atom stereocenters. The van der Waals surface area contributed by atoms with Crippen LogP contribution in [0.15, 0.2) is 48.5 Å². The zero-order valence-corrected chi connectivity index (χ0v) is 17.7. The van der Waals surface area contributed by atoms with Crippen LogP contribution < -0.4 is 11.1 Å². The summed E-state index contributed by atoms with van der Waals surface area (Å²) in [5, 5.41) is 3.05. The van der Waals surface area contributed by atoms with E-state index in [-0.39, 0.29) is 17.7 Å². The van der Waals surface area contributed by atoms with Crippen LogP contribution in [0, 0.1) is 5.92 Å². The molecular formula is C23H29N3O2S. The molecule has 1 aliphatic heterocycles. The molecule has 1 unspecified atom stereocenters. The maximum Gasteiger partial charge on any atom is 0.255 e. The van der Waals surface area contributed by atoms with E-state index in [1.165, 1.54) is 5.56 Å². The zero-order valence-electron chi connectivity index (χ0n) is 16.9. The first kappa shape index (κ1) is 21.4. The number of nitrogens with one attached hydrogen (secondary N) is 1. The van der Waals surface area contributed by atoms with Crippen molar-refractivity contribution in [3.05, 3.63) is 65.2 Å². The standard InChI is InChI=1S/C23H29N3O2S/c1-2-29-16-17-9-11-18(12-10-17)23(28)25-21-8-4-3-6-19(21)14-26-13-5-7-20(15-26)22(24)27/h3-4,6,8-12,20H,2,5,7,13-16H2,1H3,(H2,24,27)(H,25,28). The summed E-state index contributed by atoms with van der Waals surface area (Å²) >= 11 is 1.86. The van der Waals surface area contributed by atoms with Crippen LogP contribution in [0.4, 0.5) is 5.69 Å². The topological polar surface area (TPSA) is 75.4 Å². The van der Waals surface area contributed by atoms with Gasteiger partial charge in [0.15, 0.2) is 0 Å². The molecule has 0 aromatic heterocycles. The van der Waals surface area contributed by atoms with Crippen molar-refractivity contribution in [1.29, 1.82) is 0 Å². The molecule has 1 saturated heterocycles. The Bertz CT molecular complexity index is 838. The van der Waals surface area contributed by atoms with Gasteiger partial charge in [-0.2, -0.15) is 11.8 Å². The van der Waals surface area contributed by atoms with Gasteiger partial charge < -0.3 is 11.1 Å². The van der Waals surface area contributed by atoms with Gasteiger partial charge in [-0.15, -0.1) is 0 Å². The van der Waals surface area contributed by atoms with E-state index in [0.29, 0.717) is 18.7 Å². The molecule has 0 saturated carbocycles. The van der Waals surface area contributed by atoms with Crippen molar-refractivity contribution in [3.63, 3.8) is 0 Å². The Kier molecular flexibility index (Phi) is 7.72. The van der Waals surface area contributed by atoms with Crippen LogP contribution in [-0.2, 0) is 17.1 Å². The van der Waals surface area contributed by atoms with Crippen molar-refractivity contribution in [1.82, 2.24) is 4.90 Å². The van der Waals surface area contributed by atoms with Gasteiger partial charge in [0.1, 0.15) is 0 Å². The van der Waals surface area contributed by atoms with E-state index < -0.39 is 0 Å². The lowest BCUT2D eigenvalue weighted by Gasteiger charge is -2.31. The first-order valence-electron chi connectivity index (χ1n) is 10.1. The highest BCUT2D eigenvalue weighted by Gasteiger charge is 2.24. The molecule has 1 heterocycles. The van der Waals surface area contributed by atoms with Gasteiger partial charge in [0.05, 0.1) is 5.92 Å². The fourth-order valence-electron chi connectivity index (χ4n) is 3.62. The number of anilines is 1. The number of nitrogens with two attached hydrogens (primary N) is 1. The number of rotatable bonds is 8.